The number of fused-ring (bicyclic) bond motifs is 1. The van der Waals surface area contributed by atoms with E-state index in [1.54, 1.807) is 0 Å². The van der Waals surface area contributed by atoms with E-state index in [2.05, 4.69) is 17.1 Å². The second-order valence-electron chi connectivity index (χ2n) is 6.07. The van der Waals surface area contributed by atoms with Gasteiger partial charge in [0.1, 0.15) is 0 Å². The highest BCUT2D eigenvalue weighted by molar-refractivity contribution is 7.15. The quantitative estimate of drug-likeness (QED) is 0.921. The molecule has 1 aromatic heterocycles. The zero-order valence-corrected chi connectivity index (χ0v) is 12.9. The zero-order valence-electron chi connectivity index (χ0n) is 12.1. The van der Waals surface area contributed by atoms with Gasteiger partial charge in [-0.25, -0.2) is 4.98 Å². The summed E-state index contributed by atoms with van der Waals surface area (Å²) in [4.78, 5) is 8.73. The summed E-state index contributed by atoms with van der Waals surface area (Å²) in [7, 11) is 2.01. The minimum atomic E-state index is 0.930. The summed E-state index contributed by atoms with van der Waals surface area (Å²) in [5.41, 5.74) is 1.21. The molecule has 106 valence electrons. The number of aromatic nitrogens is 1. The van der Waals surface area contributed by atoms with Crippen molar-refractivity contribution in [1.29, 1.82) is 0 Å². The lowest BCUT2D eigenvalue weighted by molar-refractivity contribution is 0.202. The van der Waals surface area contributed by atoms with E-state index in [-0.39, 0.29) is 0 Å². The Hall–Kier alpha value is -0.610. The third-order valence-corrected chi connectivity index (χ3v) is 6.00. The predicted molar refractivity (Wildman–Crippen MR) is 81.9 cm³/mol. The first-order valence-corrected chi connectivity index (χ1v) is 8.45. The van der Waals surface area contributed by atoms with Gasteiger partial charge < -0.3 is 10.2 Å². The Morgan fingerprint density at radius 2 is 2.05 bits per heavy atom. The maximum absolute atomic E-state index is 4.79. The Morgan fingerprint density at radius 1 is 1.26 bits per heavy atom. The van der Waals surface area contributed by atoms with Crippen LogP contribution in [0.4, 0.5) is 5.13 Å². The molecule has 19 heavy (non-hydrogen) atoms. The van der Waals surface area contributed by atoms with Crippen molar-refractivity contribution in [3.05, 3.63) is 10.6 Å². The number of aryl methyl sites for hydroxylation is 1. The Bertz CT molecular complexity index is 429. The second kappa shape index (κ2) is 5.80. The van der Waals surface area contributed by atoms with E-state index < -0.39 is 0 Å². The number of nitrogens with one attached hydrogen (secondary N) is 1. The summed E-state index contributed by atoms with van der Waals surface area (Å²) < 4.78 is 0. The fourth-order valence-corrected chi connectivity index (χ4v) is 4.75. The zero-order chi connectivity index (χ0) is 13.2. The molecule has 0 spiro atoms. The number of rotatable bonds is 3. The molecule has 1 aliphatic heterocycles. The van der Waals surface area contributed by atoms with Gasteiger partial charge >= 0.3 is 0 Å². The van der Waals surface area contributed by atoms with Crippen LogP contribution in [0.25, 0.3) is 0 Å². The largest absolute Gasteiger partial charge is 0.348 e. The van der Waals surface area contributed by atoms with Crippen LogP contribution in [0.1, 0.15) is 42.7 Å². The second-order valence-corrected chi connectivity index (χ2v) is 7.14. The van der Waals surface area contributed by atoms with E-state index in [1.165, 1.54) is 60.9 Å². The molecule has 2 atom stereocenters. The number of nitrogens with zero attached hydrogens (tertiary/aromatic N) is 2. The van der Waals surface area contributed by atoms with Crippen LogP contribution in [-0.2, 0) is 6.54 Å². The molecule has 1 aliphatic carbocycles. The van der Waals surface area contributed by atoms with Gasteiger partial charge in [0.15, 0.2) is 5.13 Å². The summed E-state index contributed by atoms with van der Waals surface area (Å²) in [5.74, 6) is 1.93. The number of thiazole rings is 1. The van der Waals surface area contributed by atoms with E-state index in [1.807, 2.05) is 18.4 Å². The van der Waals surface area contributed by atoms with Crippen molar-refractivity contribution in [2.24, 2.45) is 11.8 Å². The molecule has 1 saturated carbocycles. The molecule has 0 radical (unpaired) electrons. The predicted octanol–water partition coefficient (Wildman–Crippen LogP) is 3.19. The number of anilines is 1. The highest BCUT2D eigenvalue weighted by Gasteiger charge is 2.32. The van der Waals surface area contributed by atoms with Crippen LogP contribution >= 0.6 is 11.3 Å². The Balaban J connectivity index is 1.70. The van der Waals surface area contributed by atoms with E-state index >= 15 is 0 Å². The molecular weight excluding hydrogens is 254 g/mol. The van der Waals surface area contributed by atoms with Crippen molar-refractivity contribution in [3.8, 4) is 0 Å². The average Bonchev–Trinajstić information content (AvgIpc) is 2.80. The minimum Gasteiger partial charge on any atom is -0.348 e. The van der Waals surface area contributed by atoms with E-state index in [0.29, 0.717) is 0 Å². The Labute approximate surface area is 120 Å². The van der Waals surface area contributed by atoms with Gasteiger partial charge in [-0.1, -0.05) is 19.3 Å². The summed E-state index contributed by atoms with van der Waals surface area (Å²) in [6.45, 7) is 5.55. The van der Waals surface area contributed by atoms with E-state index in [4.69, 9.17) is 4.98 Å². The van der Waals surface area contributed by atoms with Crippen LogP contribution < -0.4 is 10.2 Å². The summed E-state index contributed by atoms with van der Waals surface area (Å²) in [6, 6.07) is 0. The van der Waals surface area contributed by atoms with Gasteiger partial charge in [-0.3, -0.25) is 0 Å². The Kier molecular flexibility index (Phi) is 4.08. The summed E-state index contributed by atoms with van der Waals surface area (Å²) in [5, 5.41) is 4.49. The topological polar surface area (TPSA) is 28.2 Å². The van der Waals surface area contributed by atoms with Gasteiger partial charge in [0.05, 0.1) is 5.69 Å². The maximum atomic E-state index is 4.79. The number of hydrogen-bond acceptors (Lipinski definition) is 4. The van der Waals surface area contributed by atoms with Crippen LogP contribution in [-0.4, -0.2) is 25.1 Å². The van der Waals surface area contributed by atoms with Gasteiger partial charge in [0, 0.05) is 24.5 Å². The molecule has 3 rings (SSSR count). The fourth-order valence-electron chi connectivity index (χ4n) is 3.65. The van der Waals surface area contributed by atoms with Gasteiger partial charge in [-0.15, -0.1) is 11.3 Å². The van der Waals surface area contributed by atoms with Crippen molar-refractivity contribution >= 4 is 16.5 Å². The molecule has 4 heteroatoms. The van der Waals surface area contributed by atoms with Gasteiger partial charge in [0.2, 0.25) is 0 Å². The lowest BCUT2D eigenvalue weighted by Crippen LogP contribution is -2.41. The summed E-state index contributed by atoms with van der Waals surface area (Å²) in [6.07, 6.45) is 7.20. The third-order valence-electron chi connectivity index (χ3n) is 4.78. The van der Waals surface area contributed by atoms with Crippen molar-refractivity contribution in [3.63, 3.8) is 0 Å². The van der Waals surface area contributed by atoms with Gasteiger partial charge in [-0.05, 0) is 38.6 Å². The maximum Gasteiger partial charge on any atom is 0.185 e. The molecule has 0 amide bonds. The first-order chi connectivity index (χ1) is 9.28. The van der Waals surface area contributed by atoms with Crippen LogP contribution in [0.5, 0.6) is 0 Å². The molecule has 1 saturated heterocycles. The van der Waals surface area contributed by atoms with Crippen molar-refractivity contribution in [2.45, 2.75) is 45.6 Å². The minimum absolute atomic E-state index is 0.930. The first-order valence-electron chi connectivity index (χ1n) is 7.63. The van der Waals surface area contributed by atoms with Crippen molar-refractivity contribution in [1.82, 2.24) is 10.3 Å². The fraction of sp³-hybridized carbons (Fsp3) is 0.800. The molecule has 2 unspecified atom stereocenters. The molecule has 0 bridgehead atoms. The standard InChI is InChI=1S/C15H25N3S/c1-11-14(9-16-2)19-15(17-11)18-8-7-12-5-3-4-6-13(12)10-18/h12-13,16H,3-10H2,1-2H3. The lowest BCUT2D eigenvalue weighted by Gasteiger charge is -2.41. The molecule has 0 aromatic carbocycles. The first kappa shape index (κ1) is 13.4. The molecule has 2 fully saturated rings. The lowest BCUT2D eigenvalue weighted by atomic mass is 9.75. The number of piperidine rings is 1. The third kappa shape index (κ3) is 2.79. The average molecular weight is 279 g/mol. The molecule has 2 heterocycles. The van der Waals surface area contributed by atoms with Crippen LogP contribution in [0.2, 0.25) is 0 Å². The normalized spacial score (nSPS) is 27.4. The highest BCUT2D eigenvalue weighted by atomic mass is 32.1. The van der Waals surface area contributed by atoms with Gasteiger partial charge in [0.25, 0.3) is 0 Å². The SMILES string of the molecule is CNCc1sc(N2CCC3CCCCC3C2)nc1C. The molecule has 3 nitrogen and oxygen atoms in total. The van der Waals surface area contributed by atoms with E-state index in [9.17, 15) is 0 Å². The van der Waals surface area contributed by atoms with Crippen LogP contribution in [0.3, 0.4) is 0 Å². The molecular formula is C15H25N3S. The van der Waals surface area contributed by atoms with Crippen molar-refractivity contribution in [2.75, 3.05) is 25.0 Å². The monoisotopic (exact) mass is 279 g/mol. The summed E-state index contributed by atoms with van der Waals surface area (Å²) >= 11 is 1.88. The highest BCUT2D eigenvalue weighted by Crippen LogP contribution is 2.38. The number of hydrogen-bond donors (Lipinski definition) is 1. The van der Waals surface area contributed by atoms with Crippen LogP contribution in [0.15, 0.2) is 0 Å². The van der Waals surface area contributed by atoms with Gasteiger partial charge in [-0.2, -0.15) is 0 Å². The van der Waals surface area contributed by atoms with Crippen LogP contribution in [0, 0.1) is 18.8 Å². The van der Waals surface area contributed by atoms with Crippen molar-refractivity contribution < 1.29 is 0 Å². The molecule has 1 N–H and O–H groups in total. The molecule has 1 aromatic rings. The Morgan fingerprint density at radius 3 is 2.84 bits per heavy atom. The molecule has 2 aliphatic rings. The smallest absolute Gasteiger partial charge is 0.185 e. The van der Waals surface area contributed by atoms with E-state index in [0.717, 1.165) is 18.4 Å².